The minimum Gasteiger partial charge on any atom is -1.00 e. The second kappa shape index (κ2) is 8.41. The molecule has 0 aliphatic carbocycles. The topological polar surface area (TPSA) is 106 Å². The van der Waals surface area contributed by atoms with Gasteiger partial charge in [-0.3, -0.25) is 9.11 Å². The van der Waals surface area contributed by atoms with Crippen molar-refractivity contribution in [3.63, 3.8) is 0 Å². The Labute approximate surface area is 82.4 Å². The van der Waals surface area contributed by atoms with Crippen LogP contribution in [0.4, 0.5) is 0 Å². The van der Waals surface area contributed by atoms with Crippen molar-refractivity contribution < 1.29 is 72.5 Å². The Bertz CT molecular complexity index is 100. The van der Waals surface area contributed by atoms with Crippen molar-refractivity contribution in [2.24, 2.45) is 0 Å². The smallest absolute Gasteiger partial charge is 1.00 e. The third-order valence-electron chi connectivity index (χ3n) is 0. The molecule has 1 radical (unpaired) electrons. The van der Waals surface area contributed by atoms with Crippen LogP contribution in [0.3, 0.4) is 0 Å². The summed E-state index contributed by atoms with van der Waals surface area (Å²) < 4.78 is 31.6. The quantitative estimate of drug-likeness (QED) is 0.298. The molecule has 0 amide bonds. The zero-order valence-electron chi connectivity index (χ0n) is 5.07. The van der Waals surface area contributed by atoms with Gasteiger partial charge in [0.2, 0.25) is 0 Å². The summed E-state index contributed by atoms with van der Waals surface area (Å²) >= 11 is 0. The van der Waals surface area contributed by atoms with Gasteiger partial charge in [0.05, 0.1) is 0 Å². The SMILES string of the molecule is O.O=S(=O)(O)O.[H-].[Na+].[V]. The van der Waals surface area contributed by atoms with Crippen molar-refractivity contribution in [1.82, 2.24) is 0 Å². The molecule has 0 aromatic carbocycles. The van der Waals surface area contributed by atoms with Crippen molar-refractivity contribution in [3.05, 3.63) is 0 Å². The van der Waals surface area contributed by atoms with Gasteiger partial charge in [-0.15, -0.1) is 0 Å². The molecule has 8 heteroatoms. The first-order chi connectivity index (χ1) is 2.00. The molecular weight excluding hydrogens is 186 g/mol. The fourth-order valence-corrected chi connectivity index (χ4v) is 0. The first kappa shape index (κ1) is 22.7. The van der Waals surface area contributed by atoms with Crippen molar-refractivity contribution >= 4 is 10.4 Å². The maximum atomic E-state index is 8.74. The first-order valence-electron chi connectivity index (χ1n) is 0.698. The van der Waals surface area contributed by atoms with Crippen LogP contribution in [0.25, 0.3) is 0 Å². The fraction of sp³-hybridized carbons (Fsp3) is 0. The second-order valence-corrected chi connectivity index (χ2v) is 1.34. The number of hydrogen-bond acceptors (Lipinski definition) is 2. The molecule has 0 heterocycles. The van der Waals surface area contributed by atoms with Crippen LogP contribution in [0.2, 0.25) is 0 Å². The molecule has 0 bridgehead atoms. The Balaban J connectivity index is -0.0000000133. The first-order valence-corrected chi connectivity index (χ1v) is 2.10. The molecule has 5 nitrogen and oxygen atoms in total. The average molecular weight is 191 g/mol. The van der Waals surface area contributed by atoms with E-state index >= 15 is 0 Å². The summed E-state index contributed by atoms with van der Waals surface area (Å²) in [4.78, 5) is 0. The predicted molar refractivity (Wildman–Crippen MR) is 18.9 cm³/mol. The van der Waals surface area contributed by atoms with Gasteiger partial charge in [-0.25, -0.2) is 0 Å². The summed E-state index contributed by atoms with van der Waals surface area (Å²) in [5.74, 6) is 0. The molecule has 0 saturated heterocycles. The third-order valence-corrected chi connectivity index (χ3v) is 0. The molecule has 0 unspecified atom stereocenters. The van der Waals surface area contributed by atoms with Gasteiger partial charge in [-0.2, -0.15) is 8.42 Å². The van der Waals surface area contributed by atoms with Crippen molar-refractivity contribution in [3.8, 4) is 0 Å². The van der Waals surface area contributed by atoms with E-state index in [1.165, 1.54) is 0 Å². The molecule has 4 N–H and O–H groups in total. The van der Waals surface area contributed by atoms with Crippen LogP contribution < -0.4 is 29.6 Å². The Hall–Kier alpha value is 1.41. The van der Waals surface area contributed by atoms with Crippen LogP contribution >= 0.6 is 0 Å². The molecule has 47 valence electrons. The van der Waals surface area contributed by atoms with Gasteiger partial charge < -0.3 is 6.90 Å². The van der Waals surface area contributed by atoms with E-state index in [1.54, 1.807) is 0 Å². The van der Waals surface area contributed by atoms with Crippen LogP contribution in [-0.2, 0) is 29.0 Å². The van der Waals surface area contributed by atoms with Gasteiger partial charge in [0, 0.05) is 18.6 Å². The monoisotopic (exact) mass is 191 g/mol. The summed E-state index contributed by atoms with van der Waals surface area (Å²) in [5, 5.41) is 0. The van der Waals surface area contributed by atoms with Gasteiger partial charge in [-0.1, -0.05) is 0 Å². The summed E-state index contributed by atoms with van der Waals surface area (Å²) in [6.45, 7) is 0. The molecule has 0 saturated carbocycles. The molecule has 0 aliphatic heterocycles. The zero-order chi connectivity index (χ0) is 4.50. The number of hydrogen-bond donors (Lipinski definition) is 2. The number of rotatable bonds is 0. The van der Waals surface area contributed by atoms with E-state index in [1.807, 2.05) is 0 Å². The third kappa shape index (κ3) is 152. The van der Waals surface area contributed by atoms with Gasteiger partial charge in [0.25, 0.3) is 0 Å². The van der Waals surface area contributed by atoms with Crippen molar-refractivity contribution in [2.75, 3.05) is 0 Å². The summed E-state index contributed by atoms with van der Waals surface area (Å²) in [6.07, 6.45) is 0. The van der Waals surface area contributed by atoms with E-state index < -0.39 is 10.4 Å². The zero-order valence-corrected chi connectivity index (χ0v) is 8.28. The Morgan fingerprint density at radius 1 is 1.25 bits per heavy atom. The molecule has 0 spiro atoms. The fourth-order valence-electron chi connectivity index (χ4n) is 0. The largest absolute Gasteiger partial charge is 1.00 e. The molecule has 0 fully saturated rings. The van der Waals surface area contributed by atoms with Gasteiger partial charge in [0.15, 0.2) is 0 Å². The van der Waals surface area contributed by atoms with Gasteiger partial charge >= 0.3 is 40.0 Å². The molecule has 0 aromatic heterocycles. The van der Waals surface area contributed by atoms with E-state index in [0.717, 1.165) is 0 Å². The molecular formula is H5NaO5SV. The summed E-state index contributed by atoms with van der Waals surface area (Å²) in [6, 6.07) is 0. The van der Waals surface area contributed by atoms with Crippen molar-refractivity contribution in [1.29, 1.82) is 0 Å². The summed E-state index contributed by atoms with van der Waals surface area (Å²) in [7, 11) is -4.67. The van der Waals surface area contributed by atoms with Crippen LogP contribution in [-0.4, -0.2) is 23.0 Å². The van der Waals surface area contributed by atoms with Crippen LogP contribution in [0.1, 0.15) is 1.43 Å². The van der Waals surface area contributed by atoms with Gasteiger partial charge in [0.1, 0.15) is 0 Å². The molecule has 8 heavy (non-hydrogen) atoms. The summed E-state index contributed by atoms with van der Waals surface area (Å²) in [5.41, 5.74) is 0. The van der Waals surface area contributed by atoms with Crippen LogP contribution in [0.5, 0.6) is 0 Å². The second-order valence-electron chi connectivity index (χ2n) is 0.448. The van der Waals surface area contributed by atoms with E-state index in [2.05, 4.69) is 0 Å². The van der Waals surface area contributed by atoms with E-state index in [-0.39, 0.29) is 55.0 Å². The Kier molecular flexibility index (Phi) is 23.9. The Morgan fingerprint density at radius 2 is 1.25 bits per heavy atom. The maximum Gasteiger partial charge on any atom is 1.00 e. The molecule has 0 aromatic rings. The minimum atomic E-state index is -4.67. The maximum absolute atomic E-state index is 8.74. The predicted octanol–water partition coefficient (Wildman–Crippen LogP) is -4.36. The average Bonchev–Trinajstić information content (AvgIpc) is 0.722. The van der Waals surface area contributed by atoms with Crippen molar-refractivity contribution in [2.45, 2.75) is 0 Å². The molecule has 0 rings (SSSR count). The molecule has 0 atom stereocenters. The van der Waals surface area contributed by atoms with Crippen LogP contribution in [0.15, 0.2) is 0 Å². The van der Waals surface area contributed by atoms with E-state index in [4.69, 9.17) is 17.5 Å². The van der Waals surface area contributed by atoms with E-state index in [0.29, 0.717) is 0 Å². The van der Waals surface area contributed by atoms with E-state index in [9.17, 15) is 0 Å². The standard InChI is InChI=1S/Na.H2O4S.H2O.V.H/c;1-5(2,3)4;;;/h;(H2,1,2,3,4);1H2;;/q+1;;;;-1. The van der Waals surface area contributed by atoms with Gasteiger partial charge in [-0.05, 0) is 0 Å². The van der Waals surface area contributed by atoms with Crippen LogP contribution in [0, 0.1) is 0 Å². The normalized spacial score (nSPS) is 7.25. The Morgan fingerprint density at radius 3 is 1.25 bits per heavy atom. The molecule has 0 aliphatic rings. The minimum absolute atomic E-state index is 0.